The fraction of sp³-hybridized carbons (Fsp3) is 0.0833. The number of carbonyl (C=O) groups is 1. The van der Waals surface area contributed by atoms with Gasteiger partial charge in [0.25, 0.3) is 0 Å². The van der Waals surface area contributed by atoms with E-state index in [2.05, 4.69) is 27.9 Å². The molecule has 0 atom stereocenters. The number of carbonyl (C=O) groups excluding carboxylic acids is 1. The van der Waals surface area contributed by atoms with E-state index in [-0.39, 0.29) is 5.91 Å². The van der Waals surface area contributed by atoms with E-state index in [0.29, 0.717) is 0 Å². The molecule has 0 radical (unpaired) electrons. The molecule has 2 nitrogen and oxygen atoms in total. The van der Waals surface area contributed by atoms with Crippen LogP contribution in [0.1, 0.15) is 6.92 Å². The van der Waals surface area contributed by atoms with Crippen LogP contribution in [0.2, 0.25) is 0 Å². The van der Waals surface area contributed by atoms with E-state index in [0.717, 1.165) is 9.26 Å². The van der Waals surface area contributed by atoms with Crippen molar-refractivity contribution in [2.75, 3.05) is 5.32 Å². The number of hydrogen-bond donors (Lipinski definition) is 1. The van der Waals surface area contributed by atoms with Gasteiger partial charge in [-0.25, -0.2) is 0 Å². The van der Waals surface area contributed by atoms with Crippen LogP contribution >= 0.6 is 22.6 Å². The van der Waals surface area contributed by atoms with E-state index in [9.17, 15) is 4.79 Å². The van der Waals surface area contributed by atoms with Crippen molar-refractivity contribution in [1.29, 1.82) is 0 Å². The average Bonchev–Trinajstić information content (AvgIpc) is 2.18. The van der Waals surface area contributed by atoms with Crippen molar-refractivity contribution in [3.63, 3.8) is 0 Å². The second-order valence-electron chi connectivity index (χ2n) is 2.88. The Bertz CT molecular complexity index is 396. The van der Waals surface area contributed by atoms with Gasteiger partial charge in [0.1, 0.15) is 0 Å². The minimum Gasteiger partial charge on any atom is -0.322 e. The topological polar surface area (TPSA) is 29.1 Å². The zero-order chi connectivity index (χ0) is 11.1. The molecule has 0 spiro atoms. The van der Waals surface area contributed by atoms with Gasteiger partial charge in [0, 0.05) is 15.3 Å². The van der Waals surface area contributed by atoms with Crippen LogP contribution in [0, 0.1) is 3.57 Å². The number of hydrogen-bond acceptors (Lipinski definition) is 1. The Morgan fingerprint density at radius 1 is 1.40 bits per heavy atom. The van der Waals surface area contributed by atoms with Gasteiger partial charge in [-0.2, -0.15) is 0 Å². The predicted molar refractivity (Wildman–Crippen MR) is 71.7 cm³/mol. The van der Waals surface area contributed by atoms with Crippen molar-refractivity contribution < 1.29 is 4.79 Å². The van der Waals surface area contributed by atoms with Gasteiger partial charge in [0.05, 0.1) is 0 Å². The van der Waals surface area contributed by atoms with E-state index < -0.39 is 0 Å². The lowest BCUT2D eigenvalue weighted by molar-refractivity contribution is -0.111. The Morgan fingerprint density at radius 2 is 2.20 bits per heavy atom. The van der Waals surface area contributed by atoms with E-state index >= 15 is 0 Å². The monoisotopic (exact) mass is 313 g/mol. The highest BCUT2D eigenvalue weighted by atomic mass is 127. The summed E-state index contributed by atoms with van der Waals surface area (Å²) in [5.41, 5.74) is 0.817. The van der Waals surface area contributed by atoms with Crippen LogP contribution in [0.5, 0.6) is 0 Å². The molecule has 15 heavy (non-hydrogen) atoms. The summed E-state index contributed by atoms with van der Waals surface area (Å²) in [5, 5.41) is 2.78. The van der Waals surface area contributed by atoms with Crippen LogP contribution in [0.15, 0.2) is 48.6 Å². The molecule has 0 saturated heterocycles. The van der Waals surface area contributed by atoms with Crippen molar-refractivity contribution in [2.45, 2.75) is 6.92 Å². The number of nitrogens with one attached hydrogen (secondary N) is 1. The van der Waals surface area contributed by atoms with Gasteiger partial charge in [-0.1, -0.05) is 24.3 Å². The standard InChI is InChI=1S/C12H12INO/c1-2-3-4-8-12(15)14-11-7-5-6-10(13)9-11/h2-9H,1H3,(H,14,15). The summed E-state index contributed by atoms with van der Waals surface area (Å²) in [6.45, 7) is 1.90. The molecule has 1 N–H and O–H groups in total. The first kappa shape index (κ1) is 12.0. The summed E-state index contributed by atoms with van der Waals surface area (Å²) in [6, 6.07) is 7.67. The van der Waals surface area contributed by atoms with Gasteiger partial charge in [-0.05, 0) is 47.7 Å². The number of allylic oxidation sites excluding steroid dienone is 3. The summed E-state index contributed by atoms with van der Waals surface area (Å²) in [5.74, 6) is -0.116. The summed E-state index contributed by atoms with van der Waals surface area (Å²) >= 11 is 2.21. The highest BCUT2D eigenvalue weighted by Gasteiger charge is 1.96. The number of rotatable bonds is 3. The third-order valence-corrected chi connectivity index (χ3v) is 2.31. The molecular weight excluding hydrogens is 301 g/mol. The largest absolute Gasteiger partial charge is 0.322 e. The Morgan fingerprint density at radius 3 is 2.87 bits per heavy atom. The van der Waals surface area contributed by atoms with Crippen LogP contribution in [0.4, 0.5) is 5.69 Å². The van der Waals surface area contributed by atoms with E-state index in [4.69, 9.17) is 0 Å². The first-order valence-corrected chi connectivity index (χ1v) is 5.66. The highest BCUT2D eigenvalue weighted by molar-refractivity contribution is 14.1. The molecule has 1 rings (SSSR count). The summed E-state index contributed by atoms with van der Waals surface area (Å²) in [7, 11) is 0. The van der Waals surface area contributed by atoms with Crippen LogP contribution in [0.3, 0.4) is 0 Å². The van der Waals surface area contributed by atoms with Gasteiger partial charge in [-0.3, -0.25) is 4.79 Å². The van der Waals surface area contributed by atoms with Crippen LogP contribution in [-0.2, 0) is 4.79 Å². The quantitative estimate of drug-likeness (QED) is 0.517. The Balaban J connectivity index is 2.59. The van der Waals surface area contributed by atoms with Gasteiger partial charge >= 0.3 is 0 Å². The Labute approximate surface area is 103 Å². The Hall–Kier alpha value is -1.10. The van der Waals surface area contributed by atoms with E-state index in [1.165, 1.54) is 6.08 Å². The molecule has 0 aromatic heterocycles. The molecule has 0 aliphatic rings. The minimum atomic E-state index is -0.116. The Kier molecular flexibility index (Phi) is 5.10. The third-order valence-electron chi connectivity index (χ3n) is 1.64. The lowest BCUT2D eigenvalue weighted by Gasteiger charge is -2.01. The van der Waals surface area contributed by atoms with Crippen molar-refractivity contribution in [2.24, 2.45) is 0 Å². The maximum Gasteiger partial charge on any atom is 0.248 e. The zero-order valence-corrected chi connectivity index (χ0v) is 10.6. The average molecular weight is 313 g/mol. The third kappa shape index (κ3) is 4.78. The van der Waals surface area contributed by atoms with E-state index in [1.807, 2.05) is 43.3 Å². The maximum atomic E-state index is 11.4. The second kappa shape index (κ2) is 6.40. The first-order valence-electron chi connectivity index (χ1n) is 4.58. The smallest absolute Gasteiger partial charge is 0.248 e. The SMILES string of the molecule is CC=CC=CC(=O)Nc1cccc(I)c1. The minimum absolute atomic E-state index is 0.116. The van der Waals surface area contributed by atoms with Crippen LogP contribution in [0.25, 0.3) is 0 Å². The molecule has 0 saturated carbocycles. The lowest BCUT2D eigenvalue weighted by Crippen LogP contribution is -2.07. The van der Waals surface area contributed by atoms with Crippen molar-refractivity contribution >= 4 is 34.2 Å². The fourth-order valence-corrected chi connectivity index (χ4v) is 1.55. The van der Waals surface area contributed by atoms with Crippen molar-refractivity contribution in [3.8, 4) is 0 Å². The van der Waals surface area contributed by atoms with Crippen LogP contribution in [-0.4, -0.2) is 5.91 Å². The molecule has 1 amide bonds. The molecule has 1 aromatic rings. The van der Waals surface area contributed by atoms with Crippen molar-refractivity contribution in [3.05, 3.63) is 52.1 Å². The molecule has 3 heteroatoms. The normalized spacial score (nSPS) is 11.1. The number of benzene rings is 1. The highest BCUT2D eigenvalue weighted by Crippen LogP contribution is 2.12. The van der Waals surface area contributed by atoms with E-state index in [1.54, 1.807) is 6.08 Å². The molecule has 0 fully saturated rings. The summed E-state index contributed by atoms with van der Waals surface area (Å²) < 4.78 is 1.10. The molecule has 0 aliphatic heterocycles. The molecule has 0 unspecified atom stereocenters. The number of amides is 1. The predicted octanol–water partition coefficient (Wildman–Crippen LogP) is 3.36. The zero-order valence-electron chi connectivity index (χ0n) is 8.41. The molecule has 1 aromatic carbocycles. The van der Waals surface area contributed by atoms with Crippen LogP contribution < -0.4 is 5.32 Å². The molecular formula is C12H12INO. The molecule has 0 bridgehead atoms. The molecule has 78 valence electrons. The van der Waals surface area contributed by atoms with Gasteiger partial charge in [0.2, 0.25) is 5.91 Å². The van der Waals surface area contributed by atoms with Gasteiger partial charge < -0.3 is 5.32 Å². The molecule has 0 heterocycles. The summed E-state index contributed by atoms with van der Waals surface area (Å²) in [6.07, 6.45) is 6.90. The number of anilines is 1. The molecule has 0 aliphatic carbocycles. The van der Waals surface area contributed by atoms with Gasteiger partial charge in [-0.15, -0.1) is 0 Å². The maximum absolute atomic E-state index is 11.4. The van der Waals surface area contributed by atoms with Crippen molar-refractivity contribution in [1.82, 2.24) is 0 Å². The first-order chi connectivity index (χ1) is 7.22. The second-order valence-corrected chi connectivity index (χ2v) is 4.13. The van der Waals surface area contributed by atoms with Gasteiger partial charge in [0.15, 0.2) is 0 Å². The number of halogens is 1. The fourth-order valence-electron chi connectivity index (χ4n) is 1.00. The summed E-state index contributed by atoms with van der Waals surface area (Å²) in [4.78, 5) is 11.4. The lowest BCUT2D eigenvalue weighted by atomic mass is 10.3.